The number of likely N-dealkylation sites (tertiary alicyclic amines) is 2. The number of nitrogens with zero attached hydrogens (tertiary/aromatic N) is 4. The van der Waals surface area contributed by atoms with E-state index in [0.29, 0.717) is 12.5 Å². The zero-order valence-electron chi connectivity index (χ0n) is 30.0. The van der Waals surface area contributed by atoms with Crippen LogP contribution in [0.15, 0.2) is 55.2 Å². The van der Waals surface area contributed by atoms with E-state index in [0.717, 1.165) is 82.9 Å². The summed E-state index contributed by atoms with van der Waals surface area (Å²) in [4.78, 5) is 59.0. The zero-order valence-corrected chi connectivity index (χ0v) is 30.0. The summed E-state index contributed by atoms with van der Waals surface area (Å²) < 4.78 is 4.76. The van der Waals surface area contributed by atoms with E-state index < -0.39 is 12.1 Å². The van der Waals surface area contributed by atoms with Crippen LogP contribution in [-0.4, -0.2) is 73.9 Å². The number of carbonyl (C=O) groups is 3. The van der Waals surface area contributed by atoms with Crippen molar-refractivity contribution in [3.63, 3.8) is 0 Å². The number of nitrogens with one attached hydrogen (secondary N) is 3. The summed E-state index contributed by atoms with van der Waals surface area (Å²) in [6.45, 7) is 15.8. The average molecular weight is 680 g/mol. The Morgan fingerprint density at radius 1 is 0.860 bits per heavy atom. The van der Waals surface area contributed by atoms with Gasteiger partial charge in [-0.1, -0.05) is 71.5 Å². The monoisotopic (exact) mass is 679 g/mol. The number of hydrogen-bond acceptors (Lipinski definition) is 6. The van der Waals surface area contributed by atoms with E-state index in [1.54, 1.807) is 0 Å². The Kier molecular flexibility index (Phi) is 10.1. The molecule has 6 rings (SSSR count). The largest absolute Gasteiger partial charge is 0.453 e. The number of hydrogen-bond donors (Lipinski definition) is 3. The molecule has 1 unspecified atom stereocenters. The standard InChI is InChI=1S/C39H49N7O4/c1-22(2)24(5)37(47)45-18-8-10-32(45)35-40-21-31(43-35)27-14-12-26(13-15-27)25(6)28-16-17-29-30(20-28)42-36(41-29)33-11-9-19-46(33)38(48)34(23(3)4)44-39(49)50-7/h12-17,20-24,32-34H,6,8-11,18-19H2,1-5,7H3,(H,40,43)(H,41,42)(H,44,49)/t24-,32?,33-,34-/m0/s1. The average Bonchev–Trinajstić information content (AvgIpc) is 3.94. The first kappa shape index (κ1) is 34.9. The first-order valence-electron chi connectivity index (χ1n) is 17.8. The summed E-state index contributed by atoms with van der Waals surface area (Å²) in [6.07, 6.45) is 4.76. The molecule has 0 bridgehead atoms. The maximum atomic E-state index is 13.6. The number of H-pyrrole nitrogens is 2. The minimum absolute atomic E-state index is 0.0177. The zero-order chi connectivity index (χ0) is 35.7. The highest BCUT2D eigenvalue weighted by Gasteiger charge is 2.38. The van der Waals surface area contributed by atoms with Crippen LogP contribution in [0.2, 0.25) is 0 Å². The van der Waals surface area contributed by atoms with E-state index in [-0.39, 0.29) is 35.7 Å². The molecule has 2 aromatic carbocycles. The number of ether oxygens (including phenoxy) is 1. The summed E-state index contributed by atoms with van der Waals surface area (Å²) in [5.41, 5.74) is 6.45. The third-order valence-corrected chi connectivity index (χ3v) is 10.5. The number of fused-ring (bicyclic) bond motifs is 1. The van der Waals surface area contributed by atoms with E-state index in [9.17, 15) is 14.4 Å². The summed E-state index contributed by atoms with van der Waals surface area (Å²) in [6, 6.07) is 13.4. The van der Waals surface area contributed by atoms with Crippen molar-refractivity contribution in [2.75, 3.05) is 20.2 Å². The second-order valence-corrected chi connectivity index (χ2v) is 14.4. The molecular weight excluding hydrogens is 630 g/mol. The predicted molar refractivity (Wildman–Crippen MR) is 194 cm³/mol. The fourth-order valence-corrected chi connectivity index (χ4v) is 7.10. The van der Waals surface area contributed by atoms with Crippen LogP contribution in [-0.2, 0) is 14.3 Å². The predicted octanol–water partition coefficient (Wildman–Crippen LogP) is 7.01. The van der Waals surface area contributed by atoms with Crippen molar-refractivity contribution in [2.45, 2.75) is 78.4 Å². The van der Waals surface area contributed by atoms with Gasteiger partial charge in [-0.15, -0.1) is 0 Å². The van der Waals surface area contributed by atoms with Crippen LogP contribution >= 0.6 is 0 Å². The number of aromatic nitrogens is 4. The molecule has 0 radical (unpaired) electrons. The molecule has 2 aromatic heterocycles. The molecule has 0 spiro atoms. The third-order valence-electron chi connectivity index (χ3n) is 10.5. The Labute approximate surface area is 293 Å². The molecule has 11 heteroatoms. The lowest BCUT2D eigenvalue weighted by molar-refractivity contribution is -0.137. The molecule has 2 saturated heterocycles. The Morgan fingerprint density at radius 2 is 1.50 bits per heavy atom. The molecule has 11 nitrogen and oxygen atoms in total. The van der Waals surface area contributed by atoms with Crippen molar-refractivity contribution in [1.82, 2.24) is 35.1 Å². The topological polar surface area (TPSA) is 136 Å². The van der Waals surface area contributed by atoms with E-state index in [2.05, 4.69) is 66.0 Å². The highest BCUT2D eigenvalue weighted by atomic mass is 16.5. The van der Waals surface area contributed by atoms with Gasteiger partial charge in [0.1, 0.15) is 17.7 Å². The first-order valence-corrected chi connectivity index (χ1v) is 17.8. The van der Waals surface area contributed by atoms with Crippen molar-refractivity contribution >= 4 is 34.5 Å². The van der Waals surface area contributed by atoms with Crippen LogP contribution in [0.3, 0.4) is 0 Å². The van der Waals surface area contributed by atoms with Crippen LogP contribution in [0.4, 0.5) is 4.79 Å². The van der Waals surface area contributed by atoms with Crippen LogP contribution in [0, 0.1) is 17.8 Å². The van der Waals surface area contributed by atoms with Gasteiger partial charge in [-0.2, -0.15) is 0 Å². The number of amides is 3. The molecule has 2 aliphatic rings. The molecule has 4 aromatic rings. The van der Waals surface area contributed by atoms with E-state index >= 15 is 0 Å². The van der Waals surface area contributed by atoms with Crippen LogP contribution in [0.1, 0.15) is 95.2 Å². The van der Waals surface area contributed by atoms with E-state index in [4.69, 9.17) is 14.7 Å². The van der Waals surface area contributed by atoms with E-state index in [1.165, 1.54) is 7.11 Å². The minimum Gasteiger partial charge on any atom is -0.453 e. The van der Waals surface area contributed by atoms with Crippen LogP contribution in [0.5, 0.6) is 0 Å². The first-order chi connectivity index (χ1) is 24.0. The summed E-state index contributed by atoms with van der Waals surface area (Å²) >= 11 is 0. The molecule has 2 fully saturated rings. The van der Waals surface area contributed by atoms with Gasteiger partial charge >= 0.3 is 6.09 Å². The van der Waals surface area contributed by atoms with Gasteiger partial charge in [-0.25, -0.2) is 14.8 Å². The second-order valence-electron chi connectivity index (χ2n) is 14.4. The highest BCUT2D eigenvalue weighted by molar-refractivity contribution is 5.88. The molecule has 3 N–H and O–H groups in total. The van der Waals surface area contributed by atoms with Gasteiger partial charge in [0.15, 0.2) is 0 Å². The number of rotatable bonds is 10. The molecular formula is C39H49N7O4. The summed E-state index contributed by atoms with van der Waals surface area (Å²) in [5.74, 6) is 1.82. The molecule has 0 aliphatic carbocycles. The lowest BCUT2D eigenvalue weighted by atomic mass is 9.96. The number of alkyl carbamates (subject to hydrolysis) is 1. The molecule has 50 heavy (non-hydrogen) atoms. The molecule has 4 heterocycles. The maximum absolute atomic E-state index is 13.6. The number of benzene rings is 2. The number of imidazole rings is 2. The molecule has 264 valence electrons. The Morgan fingerprint density at radius 3 is 2.14 bits per heavy atom. The Hall–Kier alpha value is -4.93. The molecule has 4 atom stereocenters. The van der Waals surface area contributed by atoms with Crippen molar-refractivity contribution < 1.29 is 19.1 Å². The third kappa shape index (κ3) is 6.90. The molecule has 3 amide bonds. The van der Waals surface area contributed by atoms with Gasteiger partial charge in [0, 0.05) is 19.0 Å². The van der Waals surface area contributed by atoms with Crippen molar-refractivity contribution in [2.24, 2.45) is 17.8 Å². The Bertz CT molecular complexity index is 1870. The summed E-state index contributed by atoms with van der Waals surface area (Å²) in [7, 11) is 1.29. The molecule has 0 saturated carbocycles. The second kappa shape index (κ2) is 14.5. The SMILES string of the molecule is C=C(c1ccc(-c2cnc(C3CCCN3C(=O)[C@@H](C)C(C)C)[nH]2)cc1)c1ccc2nc([C@@H]3CCCN3C(=O)[C@@H](NC(=O)OC)C(C)C)[nH]c2c1. The van der Waals surface area contributed by atoms with Gasteiger partial charge in [0.2, 0.25) is 11.8 Å². The van der Waals surface area contributed by atoms with E-state index in [1.807, 2.05) is 48.9 Å². The van der Waals surface area contributed by atoms with Gasteiger partial charge in [0.25, 0.3) is 0 Å². The quantitative estimate of drug-likeness (QED) is 0.165. The normalized spacial score (nSPS) is 19.0. The Balaban J connectivity index is 1.15. The van der Waals surface area contributed by atoms with Gasteiger partial charge in [-0.3, -0.25) is 9.59 Å². The fraction of sp³-hybridized carbons (Fsp3) is 0.462. The van der Waals surface area contributed by atoms with Crippen LogP contribution < -0.4 is 5.32 Å². The number of aromatic amines is 2. The fourth-order valence-electron chi connectivity index (χ4n) is 7.10. The van der Waals surface area contributed by atoms with Gasteiger partial charge in [-0.05, 0) is 71.9 Å². The lowest BCUT2D eigenvalue weighted by Gasteiger charge is -2.29. The number of methoxy groups -OCH3 is 1. The van der Waals surface area contributed by atoms with Crippen LogP contribution in [0.25, 0.3) is 27.9 Å². The summed E-state index contributed by atoms with van der Waals surface area (Å²) in [5, 5.41) is 2.70. The van der Waals surface area contributed by atoms with Crippen molar-refractivity contribution in [1.29, 1.82) is 0 Å². The van der Waals surface area contributed by atoms with Gasteiger partial charge < -0.3 is 29.8 Å². The minimum atomic E-state index is -0.684. The number of carbonyl (C=O) groups excluding carboxylic acids is 3. The lowest BCUT2D eigenvalue weighted by Crippen LogP contribution is -2.51. The molecule has 2 aliphatic heterocycles. The van der Waals surface area contributed by atoms with Gasteiger partial charge in [0.05, 0.1) is 42.1 Å². The maximum Gasteiger partial charge on any atom is 0.407 e. The highest BCUT2D eigenvalue weighted by Crippen LogP contribution is 2.35. The van der Waals surface area contributed by atoms with Crippen molar-refractivity contribution in [3.8, 4) is 11.3 Å². The van der Waals surface area contributed by atoms with Crippen molar-refractivity contribution in [3.05, 3.63) is 78.0 Å². The smallest absolute Gasteiger partial charge is 0.407 e.